The molecule has 124 valence electrons. The van der Waals surface area contributed by atoms with Crippen LogP contribution < -0.4 is 5.32 Å². The van der Waals surface area contributed by atoms with Gasteiger partial charge in [0, 0.05) is 12.2 Å². The number of sulfonamides is 1. The number of carbonyl (C=O) groups excluding carboxylic acids is 1. The van der Waals surface area contributed by atoms with Gasteiger partial charge in [0.1, 0.15) is 0 Å². The normalized spacial score (nSPS) is 28.1. The molecule has 0 radical (unpaired) electrons. The zero-order valence-corrected chi connectivity index (χ0v) is 13.6. The van der Waals surface area contributed by atoms with E-state index in [1.807, 2.05) is 0 Å². The number of carbonyl (C=O) groups is 1. The quantitative estimate of drug-likeness (QED) is 0.888. The average Bonchev–Trinajstić information content (AvgIpc) is 2.93. The number of hydrogen-bond acceptors (Lipinski definition) is 4. The van der Waals surface area contributed by atoms with Crippen LogP contribution in [0.4, 0.5) is 5.69 Å². The first-order valence-electron chi connectivity index (χ1n) is 8.12. The Hall–Kier alpha value is -1.44. The highest BCUT2D eigenvalue weighted by Crippen LogP contribution is 2.34. The molecule has 1 saturated carbocycles. The largest absolute Gasteiger partial charge is 0.375 e. The van der Waals surface area contributed by atoms with E-state index in [0.29, 0.717) is 18.8 Å². The van der Waals surface area contributed by atoms with Crippen molar-refractivity contribution in [1.82, 2.24) is 4.31 Å². The third kappa shape index (κ3) is 2.56. The van der Waals surface area contributed by atoms with Gasteiger partial charge in [-0.1, -0.05) is 12.8 Å². The molecule has 2 fully saturated rings. The van der Waals surface area contributed by atoms with Gasteiger partial charge in [0.15, 0.2) is 0 Å². The number of nitrogens with one attached hydrogen (secondary N) is 1. The second kappa shape index (κ2) is 5.58. The highest BCUT2D eigenvalue weighted by Gasteiger charge is 2.41. The monoisotopic (exact) mass is 336 g/mol. The predicted molar refractivity (Wildman–Crippen MR) is 84.7 cm³/mol. The number of hydrogen-bond donors (Lipinski definition) is 1. The van der Waals surface area contributed by atoms with Gasteiger partial charge in [0.05, 0.1) is 30.1 Å². The van der Waals surface area contributed by atoms with E-state index in [-0.39, 0.29) is 29.4 Å². The molecule has 0 spiro atoms. The maximum Gasteiger partial charge on any atom is 0.243 e. The molecule has 1 aromatic rings. The topological polar surface area (TPSA) is 75.7 Å². The molecule has 2 aliphatic heterocycles. The summed E-state index contributed by atoms with van der Waals surface area (Å²) in [6.45, 7) is 0.850. The van der Waals surface area contributed by atoms with Gasteiger partial charge in [-0.05, 0) is 36.6 Å². The fourth-order valence-corrected chi connectivity index (χ4v) is 5.58. The molecule has 1 N–H and O–H groups in total. The molecule has 1 saturated heterocycles. The Kier molecular flexibility index (Phi) is 3.66. The van der Waals surface area contributed by atoms with Crippen LogP contribution in [-0.2, 0) is 26.0 Å². The summed E-state index contributed by atoms with van der Waals surface area (Å²) >= 11 is 0. The second-order valence-corrected chi connectivity index (χ2v) is 8.31. The molecular formula is C16H20N2O4S. The van der Waals surface area contributed by atoms with Gasteiger partial charge < -0.3 is 10.1 Å². The van der Waals surface area contributed by atoms with Crippen LogP contribution >= 0.6 is 0 Å². The SMILES string of the molecule is O=C1Cc2cc(S(=O)(=O)N3CCOC4CCCCC43)ccc2N1. The lowest BCUT2D eigenvalue weighted by Crippen LogP contribution is -2.54. The molecule has 3 aliphatic rings. The summed E-state index contributed by atoms with van der Waals surface area (Å²) in [5.74, 6) is -0.0896. The van der Waals surface area contributed by atoms with Crippen molar-refractivity contribution < 1.29 is 17.9 Å². The van der Waals surface area contributed by atoms with Crippen molar-refractivity contribution in [3.05, 3.63) is 23.8 Å². The molecule has 2 heterocycles. The number of amides is 1. The first-order valence-corrected chi connectivity index (χ1v) is 9.56. The minimum atomic E-state index is -3.56. The molecule has 1 aliphatic carbocycles. The molecule has 2 atom stereocenters. The van der Waals surface area contributed by atoms with Gasteiger partial charge in [-0.3, -0.25) is 4.79 Å². The maximum atomic E-state index is 13.1. The van der Waals surface area contributed by atoms with Crippen LogP contribution in [0.3, 0.4) is 0 Å². The van der Waals surface area contributed by atoms with Gasteiger partial charge in [-0.2, -0.15) is 4.31 Å². The van der Waals surface area contributed by atoms with Gasteiger partial charge in [0.25, 0.3) is 0 Å². The van der Waals surface area contributed by atoms with E-state index in [0.717, 1.165) is 31.2 Å². The van der Waals surface area contributed by atoms with Crippen LogP contribution in [0.2, 0.25) is 0 Å². The highest BCUT2D eigenvalue weighted by atomic mass is 32.2. The van der Waals surface area contributed by atoms with Crippen LogP contribution in [-0.4, -0.2) is 43.9 Å². The molecule has 23 heavy (non-hydrogen) atoms. The lowest BCUT2D eigenvalue weighted by molar-refractivity contribution is -0.115. The van der Waals surface area contributed by atoms with Gasteiger partial charge in [-0.15, -0.1) is 0 Å². The molecule has 0 bridgehead atoms. The van der Waals surface area contributed by atoms with Crippen molar-refractivity contribution in [3.63, 3.8) is 0 Å². The first-order chi connectivity index (χ1) is 11.1. The van der Waals surface area contributed by atoms with E-state index in [2.05, 4.69) is 5.32 Å². The molecule has 1 amide bonds. The Labute approximate surface area is 135 Å². The summed E-state index contributed by atoms with van der Waals surface area (Å²) in [6.07, 6.45) is 4.19. The summed E-state index contributed by atoms with van der Waals surface area (Å²) in [6, 6.07) is 4.85. The summed E-state index contributed by atoms with van der Waals surface area (Å²) in [7, 11) is -3.56. The van der Waals surface area contributed by atoms with Crippen LogP contribution in [0, 0.1) is 0 Å². The van der Waals surface area contributed by atoms with Crippen molar-refractivity contribution in [2.45, 2.75) is 49.1 Å². The minimum Gasteiger partial charge on any atom is -0.375 e. The van der Waals surface area contributed by atoms with Crippen LogP contribution in [0.1, 0.15) is 31.2 Å². The number of rotatable bonds is 2. The van der Waals surface area contributed by atoms with E-state index in [4.69, 9.17) is 4.74 Å². The fourth-order valence-electron chi connectivity index (χ4n) is 3.86. The Morgan fingerprint density at radius 3 is 2.91 bits per heavy atom. The van der Waals surface area contributed by atoms with E-state index in [9.17, 15) is 13.2 Å². The van der Waals surface area contributed by atoms with E-state index >= 15 is 0 Å². The van der Waals surface area contributed by atoms with Crippen molar-refractivity contribution in [1.29, 1.82) is 0 Å². The molecular weight excluding hydrogens is 316 g/mol. The molecule has 1 aromatic carbocycles. The zero-order valence-electron chi connectivity index (χ0n) is 12.8. The van der Waals surface area contributed by atoms with Gasteiger partial charge >= 0.3 is 0 Å². The van der Waals surface area contributed by atoms with Crippen LogP contribution in [0.25, 0.3) is 0 Å². The van der Waals surface area contributed by atoms with E-state index in [1.54, 1.807) is 22.5 Å². The first kappa shape index (κ1) is 15.1. The number of benzene rings is 1. The van der Waals surface area contributed by atoms with Crippen LogP contribution in [0.15, 0.2) is 23.1 Å². The summed E-state index contributed by atoms with van der Waals surface area (Å²) in [5.41, 5.74) is 1.47. The van der Waals surface area contributed by atoms with Crippen molar-refractivity contribution in [2.75, 3.05) is 18.5 Å². The molecule has 7 heteroatoms. The average molecular weight is 336 g/mol. The fraction of sp³-hybridized carbons (Fsp3) is 0.562. The third-order valence-electron chi connectivity index (χ3n) is 4.99. The Balaban J connectivity index is 1.67. The van der Waals surface area contributed by atoms with Crippen molar-refractivity contribution in [2.24, 2.45) is 0 Å². The molecule has 6 nitrogen and oxygen atoms in total. The number of fused-ring (bicyclic) bond motifs is 2. The molecule has 0 aromatic heterocycles. The summed E-state index contributed by atoms with van der Waals surface area (Å²) in [5, 5.41) is 2.73. The standard InChI is InChI=1S/C16H20N2O4S/c19-16-10-11-9-12(5-6-13(11)17-16)23(20,21)18-7-8-22-15-4-2-1-3-14(15)18/h5-6,9,14-15H,1-4,7-8,10H2,(H,17,19). The molecule has 4 rings (SSSR count). The zero-order chi connectivity index (χ0) is 16.0. The molecule has 2 unspecified atom stereocenters. The smallest absolute Gasteiger partial charge is 0.243 e. The number of nitrogens with zero attached hydrogens (tertiary/aromatic N) is 1. The summed E-state index contributed by atoms with van der Waals surface area (Å²) in [4.78, 5) is 11.7. The Morgan fingerprint density at radius 2 is 2.04 bits per heavy atom. The third-order valence-corrected chi connectivity index (χ3v) is 6.91. The lowest BCUT2D eigenvalue weighted by Gasteiger charge is -2.42. The minimum absolute atomic E-state index is 0.0185. The summed E-state index contributed by atoms with van der Waals surface area (Å²) < 4.78 is 33.6. The lowest BCUT2D eigenvalue weighted by atomic mass is 9.91. The number of ether oxygens (including phenoxy) is 1. The van der Waals surface area contributed by atoms with E-state index < -0.39 is 10.0 Å². The Morgan fingerprint density at radius 1 is 1.22 bits per heavy atom. The van der Waals surface area contributed by atoms with Gasteiger partial charge in [0.2, 0.25) is 15.9 Å². The second-order valence-electron chi connectivity index (χ2n) is 6.42. The van der Waals surface area contributed by atoms with E-state index in [1.165, 1.54) is 0 Å². The predicted octanol–water partition coefficient (Wildman–Crippen LogP) is 1.51. The van der Waals surface area contributed by atoms with Crippen LogP contribution in [0.5, 0.6) is 0 Å². The van der Waals surface area contributed by atoms with Gasteiger partial charge in [-0.25, -0.2) is 8.42 Å². The maximum absolute atomic E-state index is 13.1. The number of anilines is 1. The van der Waals surface area contributed by atoms with Crippen molar-refractivity contribution in [3.8, 4) is 0 Å². The number of morpholine rings is 1. The Bertz CT molecular complexity index is 744. The van der Waals surface area contributed by atoms with Crippen molar-refractivity contribution >= 4 is 21.6 Å². The highest BCUT2D eigenvalue weighted by molar-refractivity contribution is 7.89.